The standard InChI is InChI=1S/C18H12N2O2/c19-11-15(12-20)9-13-1-5-16(6-2-13)17-7-3-14(4-8-17)10-18(21)22/h1-9H,10H2,(H,21,22). The average Bonchev–Trinajstić information content (AvgIpc) is 2.53. The number of nitriles is 2. The van der Waals surface area contributed by atoms with Crippen LogP contribution in [0, 0.1) is 22.7 Å². The zero-order chi connectivity index (χ0) is 15.9. The second-order valence-electron chi connectivity index (χ2n) is 4.67. The number of allylic oxidation sites excluding steroid dienone is 1. The molecule has 0 fully saturated rings. The van der Waals surface area contributed by atoms with Gasteiger partial charge in [0.25, 0.3) is 0 Å². The van der Waals surface area contributed by atoms with Gasteiger partial charge in [-0.1, -0.05) is 48.5 Å². The molecule has 0 spiro atoms. The summed E-state index contributed by atoms with van der Waals surface area (Å²) in [4.78, 5) is 10.6. The van der Waals surface area contributed by atoms with Gasteiger partial charge >= 0.3 is 5.97 Å². The summed E-state index contributed by atoms with van der Waals surface area (Å²) >= 11 is 0. The summed E-state index contributed by atoms with van der Waals surface area (Å²) in [5.74, 6) is -0.852. The number of benzene rings is 2. The van der Waals surface area contributed by atoms with E-state index >= 15 is 0 Å². The highest BCUT2D eigenvalue weighted by atomic mass is 16.4. The third-order valence-corrected chi connectivity index (χ3v) is 3.11. The van der Waals surface area contributed by atoms with E-state index in [9.17, 15) is 4.79 Å². The predicted molar refractivity (Wildman–Crippen MR) is 82.4 cm³/mol. The Morgan fingerprint density at radius 1 is 0.955 bits per heavy atom. The van der Waals surface area contributed by atoms with Crippen LogP contribution < -0.4 is 0 Å². The summed E-state index contributed by atoms with van der Waals surface area (Å²) in [5, 5.41) is 26.2. The van der Waals surface area contributed by atoms with Crippen LogP contribution in [-0.2, 0) is 11.2 Å². The van der Waals surface area contributed by atoms with Crippen LogP contribution in [0.3, 0.4) is 0 Å². The van der Waals surface area contributed by atoms with Gasteiger partial charge in [-0.05, 0) is 28.3 Å². The molecule has 0 aliphatic carbocycles. The average molecular weight is 288 g/mol. The van der Waals surface area contributed by atoms with E-state index in [1.54, 1.807) is 12.1 Å². The molecule has 0 heterocycles. The molecule has 0 aromatic heterocycles. The number of hydrogen-bond acceptors (Lipinski definition) is 3. The maximum Gasteiger partial charge on any atom is 0.307 e. The molecule has 0 atom stereocenters. The van der Waals surface area contributed by atoms with E-state index in [0.29, 0.717) is 0 Å². The second kappa shape index (κ2) is 6.88. The van der Waals surface area contributed by atoms with Gasteiger partial charge in [-0.3, -0.25) is 4.79 Å². The molecule has 0 unspecified atom stereocenters. The summed E-state index contributed by atoms with van der Waals surface area (Å²) in [5.41, 5.74) is 3.55. The predicted octanol–water partition coefficient (Wildman–Crippen LogP) is 3.41. The Hall–Kier alpha value is -3.37. The Morgan fingerprint density at radius 3 is 1.91 bits per heavy atom. The lowest BCUT2D eigenvalue weighted by atomic mass is 10.0. The SMILES string of the molecule is N#CC(C#N)=Cc1ccc(-c2ccc(CC(=O)O)cc2)cc1. The van der Waals surface area contributed by atoms with Crippen molar-refractivity contribution in [2.45, 2.75) is 6.42 Å². The first-order valence-corrected chi connectivity index (χ1v) is 6.55. The van der Waals surface area contributed by atoms with Gasteiger partial charge in [0, 0.05) is 0 Å². The van der Waals surface area contributed by atoms with Crippen molar-refractivity contribution in [2.24, 2.45) is 0 Å². The zero-order valence-corrected chi connectivity index (χ0v) is 11.7. The quantitative estimate of drug-likeness (QED) is 0.873. The number of carbonyl (C=O) groups is 1. The fraction of sp³-hybridized carbons (Fsp3) is 0.0556. The zero-order valence-electron chi connectivity index (χ0n) is 11.7. The number of carboxylic acid groups (broad SMARTS) is 1. The van der Waals surface area contributed by atoms with E-state index in [4.69, 9.17) is 15.6 Å². The Kier molecular flexibility index (Phi) is 4.70. The lowest BCUT2D eigenvalue weighted by Crippen LogP contribution is -1.99. The Labute approximate surface area is 128 Å². The Bertz CT molecular complexity index is 773. The molecule has 0 bridgehead atoms. The van der Waals surface area contributed by atoms with Crippen molar-refractivity contribution in [3.63, 3.8) is 0 Å². The number of hydrogen-bond donors (Lipinski definition) is 1. The van der Waals surface area contributed by atoms with Crippen LogP contribution in [0.2, 0.25) is 0 Å². The highest BCUT2D eigenvalue weighted by Crippen LogP contribution is 2.21. The van der Waals surface area contributed by atoms with Crippen molar-refractivity contribution in [3.05, 3.63) is 65.2 Å². The topological polar surface area (TPSA) is 84.9 Å². The molecule has 2 aromatic carbocycles. The largest absolute Gasteiger partial charge is 0.481 e. The van der Waals surface area contributed by atoms with E-state index in [2.05, 4.69) is 0 Å². The van der Waals surface area contributed by atoms with Crippen molar-refractivity contribution in [1.29, 1.82) is 10.5 Å². The van der Waals surface area contributed by atoms with Gasteiger partial charge < -0.3 is 5.11 Å². The molecule has 4 nitrogen and oxygen atoms in total. The van der Waals surface area contributed by atoms with Crippen molar-refractivity contribution in [3.8, 4) is 23.3 Å². The lowest BCUT2D eigenvalue weighted by Gasteiger charge is -2.04. The molecular formula is C18H12N2O2. The number of carboxylic acids is 1. The summed E-state index contributed by atoms with van der Waals surface area (Å²) in [6, 6.07) is 18.4. The summed E-state index contributed by atoms with van der Waals surface area (Å²) < 4.78 is 0. The van der Waals surface area contributed by atoms with Crippen molar-refractivity contribution in [2.75, 3.05) is 0 Å². The van der Waals surface area contributed by atoms with Crippen LogP contribution in [-0.4, -0.2) is 11.1 Å². The molecule has 0 amide bonds. The third-order valence-electron chi connectivity index (χ3n) is 3.11. The third kappa shape index (κ3) is 3.82. The first-order valence-electron chi connectivity index (χ1n) is 6.55. The molecule has 2 rings (SSSR count). The molecule has 4 heteroatoms. The maximum absolute atomic E-state index is 10.6. The van der Waals surface area contributed by atoms with E-state index < -0.39 is 5.97 Å². The van der Waals surface area contributed by atoms with E-state index in [1.807, 2.05) is 48.5 Å². The van der Waals surface area contributed by atoms with Crippen molar-refractivity contribution in [1.82, 2.24) is 0 Å². The van der Waals surface area contributed by atoms with E-state index in [0.717, 1.165) is 22.3 Å². The van der Waals surface area contributed by atoms with Crippen LogP contribution in [0.25, 0.3) is 17.2 Å². The lowest BCUT2D eigenvalue weighted by molar-refractivity contribution is -0.136. The van der Waals surface area contributed by atoms with E-state index in [-0.39, 0.29) is 12.0 Å². The molecule has 0 radical (unpaired) electrons. The second-order valence-corrected chi connectivity index (χ2v) is 4.67. The van der Waals surface area contributed by atoms with Crippen molar-refractivity contribution >= 4 is 12.0 Å². The van der Waals surface area contributed by atoms with Gasteiger partial charge in [0.15, 0.2) is 0 Å². The maximum atomic E-state index is 10.6. The molecule has 106 valence electrons. The molecular weight excluding hydrogens is 276 g/mol. The van der Waals surface area contributed by atoms with Gasteiger partial charge in [-0.15, -0.1) is 0 Å². The van der Waals surface area contributed by atoms with Gasteiger partial charge in [0.05, 0.1) is 6.42 Å². The summed E-state index contributed by atoms with van der Waals surface area (Å²) in [6.07, 6.45) is 1.54. The molecule has 0 saturated carbocycles. The fourth-order valence-electron chi connectivity index (χ4n) is 2.02. The number of aliphatic carboxylic acids is 1. The van der Waals surface area contributed by atoms with Gasteiger partial charge in [-0.25, -0.2) is 0 Å². The van der Waals surface area contributed by atoms with Crippen LogP contribution in [0.1, 0.15) is 11.1 Å². The molecule has 0 saturated heterocycles. The van der Waals surface area contributed by atoms with Crippen LogP contribution in [0.4, 0.5) is 0 Å². The van der Waals surface area contributed by atoms with Crippen molar-refractivity contribution < 1.29 is 9.90 Å². The summed E-state index contributed by atoms with van der Waals surface area (Å²) in [6.45, 7) is 0. The fourth-order valence-corrected chi connectivity index (χ4v) is 2.02. The van der Waals surface area contributed by atoms with Crippen LogP contribution in [0.15, 0.2) is 54.1 Å². The highest BCUT2D eigenvalue weighted by molar-refractivity contribution is 5.72. The molecule has 2 aromatic rings. The molecule has 0 aliphatic heterocycles. The molecule has 1 N–H and O–H groups in total. The first kappa shape index (κ1) is 15.0. The minimum Gasteiger partial charge on any atom is -0.481 e. The minimum absolute atomic E-state index is 0.00904. The number of rotatable bonds is 4. The van der Waals surface area contributed by atoms with Gasteiger partial charge in [0.2, 0.25) is 0 Å². The molecule has 22 heavy (non-hydrogen) atoms. The Morgan fingerprint density at radius 2 is 1.45 bits per heavy atom. The van der Waals surface area contributed by atoms with Crippen LogP contribution >= 0.6 is 0 Å². The smallest absolute Gasteiger partial charge is 0.307 e. The van der Waals surface area contributed by atoms with E-state index in [1.165, 1.54) is 6.08 Å². The number of nitrogens with zero attached hydrogens (tertiary/aromatic N) is 2. The minimum atomic E-state index is -0.852. The van der Waals surface area contributed by atoms with Gasteiger partial charge in [0.1, 0.15) is 17.7 Å². The summed E-state index contributed by atoms with van der Waals surface area (Å²) in [7, 11) is 0. The molecule has 0 aliphatic rings. The normalized spacial score (nSPS) is 9.36. The highest BCUT2D eigenvalue weighted by Gasteiger charge is 2.02. The first-order chi connectivity index (χ1) is 10.6. The van der Waals surface area contributed by atoms with Gasteiger partial charge in [-0.2, -0.15) is 10.5 Å². The monoisotopic (exact) mass is 288 g/mol. The Balaban J connectivity index is 2.21. The van der Waals surface area contributed by atoms with Crippen LogP contribution in [0.5, 0.6) is 0 Å².